The smallest absolute Gasteiger partial charge is 0.229 e. The lowest BCUT2D eigenvalue weighted by Crippen LogP contribution is -2.38. The lowest BCUT2D eigenvalue weighted by atomic mass is 9.96. The van der Waals surface area contributed by atoms with Crippen LogP contribution in [-0.4, -0.2) is 53.8 Å². The number of fused-ring (bicyclic) bond motifs is 1. The van der Waals surface area contributed by atoms with E-state index in [0.29, 0.717) is 24.2 Å². The topological polar surface area (TPSA) is 115 Å². The number of hydrogen-bond donors (Lipinski definition) is 1. The second-order valence-electron chi connectivity index (χ2n) is 8.14. The van der Waals surface area contributed by atoms with Gasteiger partial charge in [0, 0.05) is 43.2 Å². The fraction of sp³-hybridized carbons (Fsp3) is 0.364. The molecule has 0 saturated carbocycles. The van der Waals surface area contributed by atoms with Crippen LogP contribution in [0.3, 0.4) is 0 Å². The molecule has 4 heterocycles. The molecule has 10 nitrogen and oxygen atoms in total. The Balaban J connectivity index is 1.22. The van der Waals surface area contributed by atoms with Gasteiger partial charge in [-0.25, -0.2) is 9.97 Å². The molecule has 1 amide bonds. The molecule has 1 fully saturated rings. The highest BCUT2D eigenvalue weighted by Crippen LogP contribution is 2.24. The molecule has 0 atom stereocenters. The van der Waals surface area contributed by atoms with Crippen molar-refractivity contribution >= 4 is 22.8 Å². The maximum atomic E-state index is 12.8. The van der Waals surface area contributed by atoms with Gasteiger partial charge in [-0.3, -0.25) is 19.7 Å². The minimum atomic E-state index is -0.0701. The SMILES string of the molecule is Cc1nc(CN2CCC(C(=O)Nc3ncc4ccc(-c5cnn(C)c5)cc4n3)CC2)no1. The predicted molar refractivity (Wildman–Crippen MR) is 117 cm³/mol. The number of benzene rings is 1. The minimum absolute atomic E-state index is 0.0391. The number of aromatic nitrogens is 6. The molecule has 32 heavy (non-hydrogen) atoms. The molecule has 0 spiro atoms. The Bertz CT molecular complexity index is 1260. The summed E-state index contributed by atoms with van der Waals surface area (Å²) in [6.45, 7) is 4.03. The van der Waals surface area contributed by atoms with Gasteiger partial charge >= 0.3 is 0 Å². The van der Waals surface area contributed by atoms with Crippen LogP contribution in [0.25, 0.3) is 22.0 Å². The van der Waals surface area contributed by atoms with Gasteiger partial charge in [-0.15, -0.1) is 0 Å². The molecular weight excluding hydrogens is 408 g/mol. The van der Waals surface area contributed by atoms with Crippen molar-refractivity contribution in [1.82, 2.24) is 34.8 Å². The Morgan fingerprint density at radius 3 is 2.75 bits per heavy atom. The van der Waals surface area contributed by atoms with Crippen LogP contribution in [0.4, 0.5) is 5.95 Å². The summed E-state index contributed by atoms with van der Waals surface area (Å²) in [5, 5.41) is 12.0. The molecule has 10 heteroatoms. The van der Waals surface area contributed by atoms with Crippen molar-refractivity contribution in [3.63, 3.8) is 0 Å². The normalized spacial score (nSPS) is 15.3. The van der Waals surface area contributed by atoms with Gasteiger partial charge in [-0.05, 0) is 37.6 Å². The highest BCUT2D eigenvalue weighted by molar-refractivity contribution is 5.92. The number of amides is 1. The van der Waals surface area contributed by atoms with E-state index in [2.05, 4.69) is 35.4 Å². The highest BCUT2D eigenvalue weighted by atomic mass is 16.5. The van der Waals surface area contributed by atoms with Crippen LogP contribution in [-0.2, 0) is 18.4 Å². The Hall–Kier alpha value is -3.66. The zero-order valence-electron chi connectivity index (χ0n) is 18.0. The zero-order chi connectivity index (χ0) is 22.1. The van der Waals surface area contributed by atoms with E-state index >= 15 is 0 Å². The summed E-state index contributed by atoms with van der Waals surface area (Å²) in [4.78, 5) is 28.2. The third kappa shape index (κ3) is 4.35. The first kappa shape index (κ1) is 20.3. The van der Waals surface area contributed by atoms with Crippen LogP contribution in [0.1, 0.15) is 24.6 Å². The summed E-state index contributed by atoms with van der Waals surface area (Å²) < 4.78 is 6.79. The molecule has 3 aromatic heterocycles. The van der Waals surface area contributed by atoms with Gasteiger partial charge in [0.05, 0.1) is 18.3 Å². The van der Waals surface area contributed by atoms with E-state index in [4.69, 9.17) is 4.52 Å². The number of carbonyl (C=O) groups is 1. The molecule has 4 aromatic rings. The number of nitrogens with zero attached hydrogens (tertiary/aromatic N) is 7. The molecule has 164 valence electrons. The summed E-state index contributed by atoms with van der Waals surface area (Å²) in [5.41, 5.74) is 2.81. The summed E-state index contributed by atoms with van der Waals surface area (Å²) in [6, 6.07) is 5.98. The van der Waals surface area contributed by atoms with Crippen LogP contribution in [0, 0.1) is 12.8 Å². The number of aryl methyl sites for hydroxylation is 2. The molecule has 0 radical (unpaired) electrons. The maximum absolute atomic E-state index is 12.8. The standard InChI is InChI=1S/C22H24N8O2/c1-14-25-20(28-32-14)13-30-7-5-15(6-8-30)21(31)27-22-23-10-17-4-3-16(9-19(17)26-22)18-11-24-29(2)12-18/h3-4,9-12,15H,5-8,13H2,1-2H3,(H,23,26,27,31). The maximum Gasteiger partial charge on any atom is 0.229 e. The van der Waals surface area contributed by atoms with Gasteiger partial charge in [0.2, 0.25) is 17.7 Å². The van der Waals surface area contributed by atoms with Crippen molar-refractivity contribution in [2.75, 3.05) is 18.4 Å². The van der Waals surface area contributed by atoms with Crippen molar-refractivity contribution in [3.8, 4) is 11.1 Å². The Morgan fingerprint density at radius 1 is 1.19 bits per heavy atom. The number of hydrogen-bond acceptors (Lipinski definition) is 8. The average Bonchev–Trinajstić information content (AvgIpc) is 3.41. The van der Waals surface area contributed by atoms with E-state index in [1.165, 1.54) is 0 Å². The van der Waals surface area contributed by atoms with Gasteiger partial charge in [0.15, 0.2) is 5.82 Å². The number of carbonyl (C=O) groups excluding carboxylic acids is 1. The van der Waals surface area contributed by atoms with Crippen LogP contribution < -0.4 is 5.32 Å². The van der Waals surface area contributed by atoms with E-state index < -0.39 is 0 Å². The number of anilines is 1. The molecule has 0 unspecified atom stereocenters. The second-order valence-corrected chi connectivity index (χ2v) is 8.14. The molecule has 1 aromatic carbocycles. The number of likely N-dealkylation sites (tertiary alicyclic amines) is 1. The lowest BCUT2D eigenvalue weighted by Gasteiger charge is -2.30. The summed E-state index contributed by atoms with van der Waals surface area (Å²) in [6.07, 6.45) is 7.04. The van der Waals surface area contributed by atoms with E-state index in [9.17, 15) is 4.79 Å². The fourth-order valence-corrected chi connectivity index (χ4v) is 4.00. The predicted octanol–water partition coefficient (Wildman–Crippen LogP) is 2.57. The Kier molecular flexibility index (Phi) is 5.36. The van der Waals surface area contributed by atoms with Crippen molar-refractivity contribution in [1.29, 1.82) is 0 Å². The lowest BCUT2D eigenvalue weighted by molar-refractivity contribution is -0.121. The Labute approximate surface area is 184 Å². The van der Waals surface area contributed by atoms with Gasteiger partial charge in [0.25, 0.3) is 0 Å². The van der Waals surface area contributed by atoms with Crippen LogP contribution in [0.2, 0.25) is 0 Å². The highest BCUT2D eigenvalue weighted by Gasteiger charge is 2.26. The number of piperidine rings is 1. The average molecular weight is 432 g/mol. The quantitative estimate of drug-likeness (QED) is 0.512. The van der Waals surface area contributed by atoms with Crippen LogP contribution >= 0.6 is 0 Å². The molecule has 1 saturated heterocycles. The summed E-state index contributed by atoms with van der Waals surface area (Å²) in [7, 11) is 1.89. The molecule has 1 aliphatic heterocycles. The van der Waals surface area contributed by atoms with Crippen molar-refractivity contribution in [2.45, 2.75) is 26.3 Å². The molecule has 0 bridgehead atoms. The zero-order valence-corrected chi connectivity index (χ0v) is 18.0. The number of rotatable bonds is 5. The van der Waals surface area contributed by atoms with Gasteiger partial charge in [-0.1, -0.05) is 17.3 Å². The fourth-order valence-electron chi connectivity index (χ4n) is 4.00. The van der Waals surface area contributed by atoms with E-state index in [0.717, 1.165) is 48.0 Å². The van der Waals surface area contributed by atoms with Crippen LogP contribution in [0.15, 0.2) is 41.3 Å². The van der Waals surface area contributed by atoms with E-state index in [1.807, 2.05) is 37.6 Å². The van der Waals surface area contributed by atoms with Crippen molar-refractivity contribution in [3.05, 3.63) is 48.5 Å². The third-order valence-electron chi connectivity index (χ3n) is 5.75. The van der Waals surface area contributed by atoms with E-state index in [1.54, 1.807) is 17.8 Å². The first-order valence-electron chi connectivity index (χ1n) is 10.6. The summed E-state index contributed by atoms with van der Waals surface area (Å²) >= 11 is 0. The molecule has 1 aliphatic rings. The number of nitrogens with one attached hydrogen (secondary N) is 1. The minimum Gasteiger partial charge on any atom is -0.340 e. The Morgan fingerprint density at radius 2 is 2.03 bits per heavy atom. The van der Waals surface area contributed by atoms with E-state index in [-0.39, 0.29) is 11.8 Å². The molecule has 0 aliphatic carbocycles. The van der Waals surface area contributed by atoms with Crippen molar-refractivity contribution < 1.29 is 9.32 Å². The third-order valence-corrected chi connectivity index (χ3v) is 5.75. The first-order valence-corrected chi connectivity index (χ1v) is 10.6. The van der Waals surface area contributed by atoms with Gasteiger partial charge in [0.1, 0.15) is 0 Å². The van der Waals surface area contributed by atoms with Crippen LogP contribution in [0.5, 0.6) is 0 Å². The molecule has 5 rings (SSSR count). The second kappa shape index (κ2) is 8.46. The summed E-state index contributed by atoms with van der Waals surface area (Å²) in [5.74, 6) is 1.47. The molecule has 1 N–H and O–H groups in total. The first-order chi connectivity index (χ1) is 15.5. The largest absolute Gasteiger partial charge is 0.340 e. The van der Waals surface area contributed by atoms with Crippen molar-refractivity contribution in [2.24, 2.45) is 13.0 Å². The monoisotopic (exact) mass is 432 g/mol. The van der Waals surface area contributed by atoms with Gasteiger partial charge in [-0.2, -0.15) is 10.1 Å². The van der Waals surface area contributed by atoms with Gasteiger partial charge < -0.3 is 4.52 Å². The molecular formula is C22H24N8O2.